The fraction of sp³-hybridized carbons (Fsp3) is 0.600. The molecule has 8 nitrogen and oxygen atoms in total. The Balaban J connectivity index is 2.33. The molecule has 156 valence electrons. The second-order valence-electron chi connectivity index (χ2n) is 7.25. The average Bonchev–Trinajstić information content (AvgIpc) is 2.67. The van der Waals surface area contributed by atoms with Gasteiger partial charge in [-0.3, -0.25) is 9.59 Å². The van der Waals surface area contributed by atoms with Gasteiger partial charge in [-0.25, -0.2) is 0 Å². The highest BCUT2D eigenvalue weighted by Gasteiger charge is 2.25. The van der Waals surface area contributed by atoms with Gasteiger partial charge in [0.05, 0.1) is 11.7 Å². The van der Waals surface area contributed by atoms with Gasteiger partial charge >= 0.3 is 0 Å². The Morgan fingerprint density at radius 2 is 2.11 bits per heavy atom. The lowest BCUT2D eigenvalue weighted by Gasteiger charge is -2.30. The second-order valence-corrected chi connectivity index (χ2v) is 7.25. The molecule has 8 heteroatoms. The Bertz CT molecular complexity index is 682. The quantitative estimate of drug-likeness (QED) is 0.803. The zero-order valence-electron chi connectivity index (χ0n) is 17.3. The summed E-state index contributed by atoms with van der Waals surface area (Å²) in [6, 6.07) is 5.17. The van der Waals surface area contributed by atoms with Crippen LogP contribution in [0.4, 0.5) is 5.69 Å². The van der Waals surface area contributed by atoms with E-state index in [1.54, 1.807) is 37.3 Å². The van der Waals surface area contributed by atoms with Crippen molar-refractivity contribution in [1.82, 2.24) is 10.2 Å². The molecular weight excluding hydrogens is 362 g/mol. The van der Waals surface area contributed by atoms with Crippen molar-refractivity contribution in [3.05, 3.63) is 23.8 Å². The van der Waals surface area contributed by atoms with E-state index in [1.807, 2.05) is 6.92 Å². The first-order valence-electron chi connectivity index (χ1n) is 9.43. The van der Waals surface area contributed by atoms with E-state index in [0.29, 0.717) is 30.2 Å². The molecule has 0 saturated carbocycles. The number of carbonyl (C=O) groups excluding carboxylic acids is 2. The zero-order chi connectivity index (χ0) is 20.7. The van der Waals surface area contributed by atoms with Crippen molar-refractivity contribution in [2.45, 2.75) is 26.0 Å². The van der Waals surface area contributed by atoms with Gasteiger partial charge in [0.15, 0.2) is 0 Å². The minimum absolute atomic E-state index is 0.0575. The van der Waals surface area contributed by atoms with Crippen molar-refractivity contribution < 1.29 is 23.8 Å². The monoisotopic (exact) mass is 393 g/mol. The smallest absolute Gasteiger partial charge is 0.257 e. The lowest BCUT2D eigenvalue weighted by molar-refractivity contribution is -0.119. The molecule has 1 aromatic carbocycles. The molecule has 3 atom stereocenters. The topological polar surface area (TPSA) is 89.1 Å². The number of likely N-dealkylation sites (N-methyl/N-ethyl adjacent to an activating group) is 1. The van der Waals surface area contributed by atoms with Crippen LogP contribution in [-0.2, 0) is 14.3 Å². The molecule has 0 aromatic heterocycles. The highest BCUT2D eigenvalue weighted by atomic mass is 16.5. The minimum atomic E-state index is -0.289. The Labute approximate surface area is 166 Å². The molecular formula is C20H31N3O5. The summed E-state index contributed by atoms with van der Waals surface area (Å²) in [6.45, 7) is 5.71. The fourth-order valence-corrected chi connectivity index (χ4v) is 3.07. The van der Waals surface area contributed by atoms with Gasteiger partial charge in [0.1, 0.15) is 19.0 Å². The molecule has 0 unspecified atom stereocenters. The summed E-state index contributed by atoms with van der Waals surface area (Å²) >= 11 is 0. The summed E-state index contributed by atoms with van der Waals surface area (Å²) in [5.74, 6) is 0.232. The number of nitrogens with zero attached hydrogens (tertiary/aromatic N) is 1. The Morgan fingerprint density at radius 3 is 2.79 bits per heavy atom. The third kappa shape index (κ3) is 5.92. The van der Waals surface area contributed by atoms with Gasteiger partial charge in [0.25, 0.3) is 5.91 Å². The number of methoxy groups -OCH3 is 2. The predicted octanol–water partition coefficient (Wildman–Crippen LogP) is 1.37. The molecule has 2 N–H and O–H groups in total. The van der Waals surface area contributed by atoms with E-state index in [2.05, 4.69) is 17.6 Å². The third-order valence-electron chi connectivity index (χ3n) is 4.78. The summed E-state index contributed by atoms with van der Waals surface area (Å²) in [6.07, 6.45) is -0.0953. The normalized spacial score (nSPS) is 23.8. The van der Waals surface area contributed by atoms with E-state index < -0.39 is 0 Å². The number of hydrogen-bond acceptors (Lipinski definition) is 6. The molecule has 1 aromatic rings. The van der Waals surface area contributed by atoms with E-state index >= 15 is 0 Å². The van der Waals surface area contributed by atoms with Crippen molar-refractivity contribution >= 4 is 17.5 Å². The largest absolute Gasteiger partial charge is 0.491 e. The van der Waals surface area contributed by atoms with Crippen LogP contribution in [-0.4, -0.2) is 76.4 Å². The minimum Gasteiger partial charge on any atom is -0.491 e. The number of hydrogen-bond donors (Lipinski definition) is 2. The molecule has 0 bridgehead atoms. The number of carbonyl (C=O) groups is 2. The molecule has 1 heterocycles. The van der Waals surface area contributed by atoms with E-state index in [9.17, 15) is 9.59 Å². The van der Waals surface area contributed by atoms with Gasteiger partial charge in [-0.05, 0) is 31.0 Å². The predicted molar refractivity (Wildman–Crippen MR) is 107 cm³/mol. The van der Waals surface area contributed by atoms with Crippen LogP contribution in [0.25, 0.3) is 0 Å². The van der Waals surface area contributed by atoms with Crippen LogP contribution in [0.1, 0.15) is 24.2 Å². The lowest BCUT2D eigenvalue weighted by atomic mass is 10.0. The standard InChI is InChI=1S/C20H31N3O5/c1-13-9-21-14(2)11-28-17-7-6-15(22-19(24)12-26-4)8-16(17)20(25)23(3)10-18(13)27-5/h6-8,13-14,18,21H,9-12H2,1-5H3,(H,22,24)/t13-,14-,18+/m0/s1. The lowest BCUT2D eigenvalue weighted by Crippen LogP contribution is -2.44. The molecule has 2 rings (SSSR count). The summed E-state index contributed by atoms with van der Waals surface area (Å²) in [5.41, 5.74) is 0.911. The number of fused-ring (bicyclic) bond motifs is 1. The van der Waals surface area contributed by atoms with Crippen LogP contribution in [0, 0.1) is 5.92 Å². The molecule has 28 heavy (non-hydrogen) atoms. The van der Waals surface area contributed by atoms with E-state index in [-0.39, 0.29) is 36.5 Å². The highest BCUT2D eigenvalue weighted by Crippen LogP contribution is 2.25. The Kier molecular flexibility index (Phi) is 8.22. The zero-order valence-corrected chi connectivity index (χ0v) is 17.3. The average molecular weight is 393 g/mol. The number of amides is 2. The maximum atomic E-state index is 13.1. The van der Waals surface area contributed by atoms with E-state index in [1.165, 1.54) is 7.11 Å². The van der Waals surface area contributed by atoms with Gasteiger partial charge in [0, 0.05) is 46.1 Å². The van der Waals surface area contributed by atoms with Crippen LogP contribution in [0.15, 0.2) is 18.2 Å². The van der Waals surface area contributed by atoms with Gasteiger partial charge in [-0.15, -0.1) is 0 Å². The van der Waals surface area contributed by atoms with Gasteiger partial charge in [0.2, 0.25) is 5.91 Å². The summed E-state index contributed by atoms with van der Waals surface area (Å²) in [5, 5.41) is 6.17. The molecule has 0 spiro atoms. The first-order chi connectivity index (χ1) is 13.3. The Hall–Kier alpha value is -2.16. The van der Waals surface area contributed by atoms with Gasteiger partial charge < -0.3 is 29.7 Å². The summed E-state index contributed by atoms with van der Waals surface area (Å²) < 4.78 is 16.4. The van der Waals surface area contributed by atoms with Gasteiger partial charge in [-0.1, -0.05) is 6.92 Å². The first kappa shape index (κ1) is 22.1. The van der Waals surface area contributed by atoms with Crippen molar-refractivity contribution in [2.75, 3.05) is 52.9 Å². The van der Waals surface area contributed by atoms with Crippen LogP contribution < -0.4 is 15.4 Å². The summed E-state index contributed by atoms with van der Waals surface area (Å²) in [7, 11) is 4.85. The van der Waals surface area contributed by atoms with Crippen molar-refractivity contribution in [2.24, 2.45) is 5.92 Å². The van der Waals surface area contributed by atoms with E-state index in [4.69, 9.17) is 14.2 Å². The first-order valence-corrected chi connectivity index (χ1v) is 9.43. The maximum absolute atomic E-state index is 13.1. The summed E-state index contributed by atoms with van der Waals surface area (Å²) in [4.78, 5) is 26.5. The molecule has 0 aliphatic carbocycles. The third-order valence-corrected chi connectivity index (χ3v) is 4.78. The highest BCUT2D eigenvalue weighted by molar-refractivity contribution is 5.99. The number of nitrogens with one attached hydrogen (secondary N) is 2. The number of rotatable bonds is 4. The van der Waals surface area contributed by atoms with Crippen LogP contribution in [0.2, 0.25) is 0 Å². The molecule has 0 radical (unpaired) electrons. The molecule has 1 aliphatic heterocycles. The number of benzene rings is 1. The molecule has 1 aliphatic rings. The van der Waals surface area contributed by atoms with Crippen LogP contribution >= 0.6 is 0 Å². The molecule has 2 amide bonds. The second kappa shape index (κ2) is 10.4. The van der Waals surface area contributed by atoms with Crippen molar-refractivity contribution in [1.29, 1.82) is 0 Å². The van der Waals surface area contributed by atoms with Crippen molar-refractivity contribution in [3.63, 3.8) is 0 Å². The number of anilines is 1. The molecule has 0 fully saturated rings. The number of ether oxygens (including phenoxy) is 3. The van der Waals surface area contributed by atoms with E-state index in [0.717, 1.165) is 6.54 Å². The van der Waals surface area contributed by atoms with Crippen molar-refractivity contribution in [3.8, 4) is 5.75 Å². The fourth-order valence-electron chi connectivity index (χ4n) is 3.07. The van der Waals surface area contributed by atoms with Gasteiger partial charge in [-0.2, -0.15) is 0 Å². The maximum Gasteiger partial charge on any atom is 0.257 e. The SMILES string of the molecule is COCC(=O)Nc1ccc2c(c1)C(=O)N(C)C[C@@H](OC)[C@@H](C)CN[C@@H](C)CO2. The van der Waals surface area contributed by atoms with Crippen LogP contribution in [0.3, 0.4) is 0 Å². The molecule has 0 saturated heterocycles. The Morgan fingerprint density at radius 1 is 1.36 bits per heavy atom. The van der Waals surface area contributed by atoms with Crippen LogP contribution in [0.5, 0.6) is 5.75 Å².